The van der Waals surface area contributed by atoms with Gasteiger partial charge < -0.3 is 15.3 Å². The van der Waals surface area contributed by atoms with Gasteiger partial charge in [0, 0.05) is 5.92 Å². The van der Waals surface area contributed by atoms with Crippen LogP contribution in [0.25, 0.3) is 0 Å². The van der Waals surface area contributed by atoms with Gasteiger partial charge in [-0.1, -0.05) is 127 Å². The summed E-state index contributed by atoms with van der Waals surface area (Å²) >= 11 is 0. The second kappa shape index (κ2) is 13.0. The summed E-state index contributed by atoms with van der Waals surface area (Å²) in [4.78, 5) is 0. The highest BCUT2D eigenvalue weighted by molar-refractivity contribution is 5.53. The second-order valence-corrected chi connectivity index (χ2v) is 16.5. The quantitative estimate of drug-likeness (QED) is 0.284. The van der Waals surface area contributed by atoms with Crippen molar-refractivity contribution in [1.82, 2.24) is 0 Å². The van der Waals surface area contributed by atoms with Crippen LogP contribution >= 0.6 is 0 Å². The molecular weight excluding hydrogens is 528 g/mol. The number of phenolic OH excluding ortho intramolecular Hbond substituents is 3. The average molecular weight is 589 g/mol. The van der Waals surface area contributed by atoms with Gasteiger partial charge in [-0.2, -0.15) is 0 Å². The molecule has 0 bridgehead atoms. The van der Waals surface area contributed by atoms with E-state index in [-0.39, 0.29) is 27.6 Å². The van der Waals surface area contributed by atoms with Crippen molar-refractivity contribution in [3.8, 4) is 17.2 Å². The van der Waals surface area contributed by atoms with E-state index in [0.29, 0.717) is 17.2 Å². The van der Waals surface area contributed by atoms with Crippen LogP contribution < -0.4 is 0 Å². The molecule has 0 fully saturated rings. The molecule has 0 heterocycles. The van der Waals surface area contributed by atoms with E-state index in [1.165, 1.54) is 11.1 Å². The van der Waals surface area contributed by atoms with Crippen molar-refractivity contribution in [3.63, 3.8) is 0 Å². The first-order chi connectivity index (χ1) is 19.4. The molecule has 0 saturated heterocycles. The van der Waals surface area contributed by atoms with Gasteiger partial charge in [0.1, 0.15) is 17.2 Å². The highest BCUT2D eigenvalue weighted by Gasteiger charge is 2.27. The number of benzene rings is 3. The lowest BCUT2D eigenvalue weighted by Gasteiger charge is -2.29. The molecule has 43 heavy (non-hydrogen) atoms. The van der Waals surface area contributed by atoms with E-state index >= 15 is 0 Å². The van der Waals surface area contributed by atoms with E-state index in [4.69, 9.17) is 0 Å². The minimum atomic E-state index is -0.121. The highest BCUT2D eigenvalue weighted by Crippen LogP contribution is 2.42. The van der Waals surface area contributed by atoms with Crippen LogP contribution in [0.5, 0.6) is 17.2 Å². The standard InChI is InChI=1S/C26H38O2.C14H22O/c1-10-11-18(19-14-21(25(4,5)6)23(27)12-16(19)2)20-15-22(26(7,8)9)24(28)13-17(20)3;1-13(2,3)10-8-7-9-11(12(10)15)14(4,5)6/h12-15,18,27-28H,10-11H2,1-9H3;7-9,15H,1-6H3. The van der Waals surface area contributed by atoms with Gasteiger partial charge in [0.25, 0.3) is 0 Å². The number of aryl methyl sites for hydroxylation is 2. The largest absolute Gasteiger partial charge is 0.508 e. The van der Waals surface area contributed by atoms with Crippen LogP contribution in [-0.2, 0) is 21.7 Å². The Balaban J connectivity index is 0.000000362. The van der Waals surface area contributed by atoms with E-state index < -0.39 is 0 Å². The van der Waals surface area contributed by atoms with Crippen molar-refractivity contribution in [2.75, 3.05) is 0 Å². The summed E-state index contributed by atoms with van der Waals surface area (Å²) in [6.45, 7) is 31.9. The number of para-hydroxylation sites is 1. The molecule has 3 nitrogen and oxygen atoms in total. The maximum absolute atomic E-state index is 10.5. The molecule has 0 saturated carbocycles. The molecule has 0 radical (unpaired) electrons. The van der Waals surface area contributed by atoms with Crippen molar-refractivity contribution in [3.05, 3.63) is 87.0 Å². The summed E-state index contributed by atoms with van der Waals surface area (Å²) in [6.07, 6.45) is 2.10. The lowest BCUT2D eigenvalue weighted by molar-refractivity contribution is 0.423. The van der Waals surface area contributed by atoms with Gasteiger partial charge in [-0.05, 0) is 98.6 Å². The molecular formula is C40H60O3. The van der Waals surface area contributed by atoms with E-state index in [2.05, 4.69) is 116 Å². The first-order valence-corrected chi connectivity index (χ1v) is 15.9. The highest BCUT2D eigenvalue weighted by atomic mass is 16.3. The van der Waals surface area contributed by atoms with Gasteiger partial charge in [-0.25, -0.2) is 0 Å². The van der Waals surface area contributed by atoms with Crippen LogP contribution in [0.3, 0.4) is 0 Å². The van der Waals surface area contributed by atoms with E-state index in [1.54, 1.807) is 0 Å². The fraction of sp³-hybridized carbons (Fsp3) is 0.550. The van der Waals surface area contributed by atoms with Gasteiger partial charge in [-0.15, -0.1) is 0 Å². The third-order valence-corrected chi connectivity index (χ3v) is 8.36. The molecule has 3 aromatic rings. The van der Waals surface area contributed by atoms with Crippen LogP contribution in [0.15, 0.2) is 42.5 Å². The van der Waals surface area contributed by atoms with Crippen LogP contribution in [0, 0.1) is 13.8 Å². The van der Waals surface area contributed by atoms with Crippen molar-refractivity contribution in [2.24, 2.45) is 0 Å². The summed E-state index contributed by atoms with van der Waals surface area (Å²) in [5.41, 5.74) is 8.55. The zero-order chi connectivity index (χ0) is 33.3. The van der Waals surface area contributed by atoms with Gasteiger partial charge in [-0.3, -0.25) is 0 Å². The van der Waals surface area contributed by atoms with Crippen LogP contribution in [0.2, 0.25) is 0 Å². The van der Waals surface area contributed by atoms with Gasteiger partial charge in [0.15, 0.2) is 0 Å². The monoisotopic (exact) mass is 588 g/mol. The summed E-state index contributed by atoms with van der Waals surface area (Å²) < 4.78 is 0. The van der Waals surface area contributed by atoms with Crippen LogP contribution in [0.4, 0.5) is 0 Å². The fourth-order valence-electron chi connectivity index (χ4n) is 5.89. The lowest BCUT2D eigenvalue weighted by atomic mass is 9.76. The third kappa shape index (κ3) is 8.80. The predicted molar refractivity (Wildman–Crippen MR) is 185 cm³/mol. The molecule has 3 N–H and O–H groups in total. The molecule has 3 heteroatoms. The molecule has 0 aliphatic rings. The Morgan fingerprint density at radius 3 is 1.14 bits per heavy atom. The summed E-state index contributed by atoms with van der Waals surface area (Å²) in [7, 11) is 0. The number of aromatic hydroxyl groups is 3. The summed E-state index contributed by atoms with van der Waals surface area (Å²) in [5, 5.41) is 31.3. The molecule has 0 unspecified atom stereocenters. The molecule has 0 atom stereocenters. The maximum atomic E-state index is 10.5. The molecule has 3 rings (SSSR count). The normalized spacial score (nSPS) is 12.7. The van der Waals surface area contributed by atoms with Crippen molar-refractivity contribution < 1.29 is 15.3 Å². The minimum absolute atomic E-state index is 0.00859. The van der Waals surface area contributed by atoms with E-state index in [1.807, 2.05) is 30.3 Å². The lowest BCUT2D eigenvalue weighted by Crippen LogP contribution is -2.16. The van der Waals surface area contributed by atoms with Crippen molar-refractivity contribution in [1.29, 1.82) is 0 Å². The maximum Gasteiger partial charge on any atom is 0.123 e. The van der Waals surface area contributed by atoms with Gasteiger partial charge >= 0.3 is 0 Å². The Morgan fingerprint density at radius 2 is 0.860 bits per heavy atom. The zero-order valence-electron chi connectivity index (χ0n) is 29.9. The first-order valence-electron chi connectivity index (χ1n) is 15.9. The Labute approximate surface area is 263 Å². The number of phenols is 3. The number of hydrogen-bond acceptors (Lipinski definition) is 3. The third-order valence-electron chi connectivity index (χ3n) is 8.36. The Hall–Kier alpha value is -2.94. The Morgan fingerprint density at radius 1 is 0.535 bits per heavy atom. The Bertz CT molecular complexity index is 1300. The smallest absolute Gasteiger partial charge is 0.123 e. The SMILES string of the molecule is CC(C)(C)c1cccc(C(C)(C)C)c1O.CCCC(c1cc(C(C)(C)C)c(O)cc1C)c1cc(C(C)(C)C)c(O)cc1C. The zero-order valence-corrected chi connectivity index (χ0v) is 29.9. The van der Waals surface area contributed by atoms with Crippen LogP contribution in [-0.4, -0.2) is 15.3 Å². The molecule has 0 spiro atoms. The van der Waals surface area contributed by atoms with Crippen molar-refractivity contribution >= 4 is 0 Å². The molecule has 0 aliphatic carbocycles. The van der Waals surface area contributed by atoms with Gasteiger partial charge in [0.05, 0.1) is 0 Å². The molecule has 0 aliphatic heterocycles. The molecule has 3 aromatic carbocycles. The number of rotatable bonds is 4. The van der Waals surface area contributed by atoms with Crippen LogP contribution in [0.1, 0.15) is 153 Å². The topological polar surface area (TPSA) is 60.7 Å². The summed E-state index contributed by atoms with van der Waals surface area (Å²) in [6, 6.07) is 14.3. The van der Waals surface area contributed by atoms with E-state index in [9.17, 15) is 15.3 Å². The van der Waals surface area contributed by atoms with E-state index in [0.717, 1.165) is 46.2 Å². The summed E-state index contributed by atoms with van der Waals surface area (Å²) in [5.74, 6) is 1.45. The minimum Gasteiger partial charge on any atom is -0.508 e. The van der Waals surface area contributed by atoms with Crippen molar-refractivity contribution in [2.45, 2.75) is 144 Å². The number of hydrogen-bond donors (Lipinski definition) is 3. The fourth-order valence-corrected chi connectivity index (χ4v) is 5.89. The second-order valence-electron chi connectivity index (χ2n) is 16.5. The first kappa shape index (κ1) is 36.3. The Kier molecular flexibility index (Phi) is 10.9. The predicted octanol–water partition coefficient (Wildman–Crippen LogP) is 11.2. The average Bonchev–Trinajstić information content (AvgIpc) is 2.81. The molecule has 0 aromatic heterocycles. The molecule has 238 valence electrons. The molecule has 0 amide bonds. The van der Waals surface area contributed by atoms with Gasteiger partial charge in [0.2, 0.25) is 0 Å².